The van der Waals surface area contributed by atoms with E-state index in [0.717, 1.165) is 5.75 Å². The van der Waals surface area contributed by atoms with Crippen molar-refractivity contribution < 1.29 is 13.2 Å². The minimum Gasteiger partial charge on any atom is -0.310 e. The smallest absolute Gasteiger partial charge is 0.310 e. The maximum Gasteiger partial charge on any atom is 0.391 e. The Hall–Kier alpha value is 0.1000. The van der Waals surface area contributed by atoms with Crippen molar-refractivity contribution in [2.24, 2.45) is 5.92 Å². The molecule has 0 radical (unpaired) electrons. The number of halogens is 3. The first kappa shape index (κ1) is 11.6. The SMILES string of the molecule is CC1CSC2CC(C(F)(F)F)CCC2N1. The lowest BCUT2D eigenvalue weighted by Crippen LogP contribution is -2.52. The highest BCUT2D eigenvalue weighted by molar-refractivity contribution is 8.00. The van der Waals surface area contributed by atoms with Gasteiger partial charge in [-0.15, -0.1) is 0 Å². The fraction of sp³-hybridized carbons (Fsp3) is 1.00. The van der Waals surface area contributed by atoms with Gasteiger partial charge in [0.15, 0.2) is 0 Å². The molecule has 2 aliphatic rings. The molecule has 1 saturated carbocycles. The minimum absolute atomic E-state index is 0.168. The van der Waals surface area contributed by atoms with E-state index in [9.17, 15) is 13.2 Å². The summed E-state index contributed by atoms with van der Waals surface area (Å²) in [7, 11) is 0. The molecule has 15 heavy (non-hydrogen) atoms. The van der Waals surface area contributed by atoms with Gasteiger partial charge in [0, 0.05) is 23.1 Å². The molecule has 2 fully saturated rings. The van der Waals surface area contributed by atoms with Gasteiger partial charge in [-0.2, -0.15) is 24.9 Å². The zero-order valence-electron chi connectivity index (χ0n) is 8.68. The van der Waals surface area contributed by atoms with Gasteiger partial charge >= 0.3 is 6.18 Å². The highest BCUT2D eigenvalue weighted by Gasteiger charge is 2.46. The Morgan fingerprint density at radius 1 is 1.27 bits per heavy atom. The number of nitrogens with one attached hydrogen (secondary N) is 1. The maximum absolute atomic E-state index is 12.5. The van der Waals surface area contributed by atoms with Gasteiger partial charge in [-0.3, -0.25) is 0 Å². The van der Waals surface area contributed by atoms with Crippen LogP contribution >= 0.6 is 11.8 Å². The lowest BCUT2D eigenvalue weighted by Gasteiger charge is -2.42. The van der Waals surface area contributed by atoms with E-state index in [1.54, 1.807) is 11.8 Å². The molecule has 0 amide bonds. The normalized spacial score (nSPS) is 42.4. The van der Waals surface area contributed by atoms with E-state index < -0.39 is 12.1 Å². The van der Waals surface area contributed by atoms with E-state index in [0.29, 0.717) is 31.3 Å². The summed E-state index contributed by atoms with van der Waals surface area (Å²) in [5, 5.41) is 3.57. The van der Waals surface area contributed by atoms with Crippen LogP contribution in [0.25, 0.3) is 0 Å². The number of hydrogen-bond acceptors (Lipinski definition) is 2. The van der Waals surface area contributed by atoms with Crippen LogP contribution in [0.3, 0.4) is 0 Å². The Bertz CT molecular complexity index is 231. The number of fused-ring (bicyclic) bond motifs is 1. The van der Waals surface area contributed by atoms with Gasteiger partial charge in [-0.1, -0.05) is 0 Å². The fourth-order valence-corrected chi connectivity index (χ4v) is 3.93. The average molecular weight is 239 g/mol. The predicted octanol–water partition coefficient (Wildman–Crippen LogP) is 2.81. The molecule has 88 valence electrons. The summed E-state index contributed by atoms with van der Waals surface area (Å²) in [5.74, 6) is -0.132. The zero-order chi connectivity index (χ0) is 11.1. The number of hydrogen-bond donors (Lipinski definition) is 1. The molecule has 1 aliphatic carbocycles. The molecule has 1 N–H and O–H groups in total. The predicted molar refractivity (Wildman–Crippen MR) is 56.0 cm³/mol. The molecule has 1 nitrogen and oxygen atoms in total. The van der Waals surface area contributed by atoms with Gasteiger partial charge in [0.1, 0.15) is 0 Å². The second kappa shape index (κ2) is 4.17. The first-order chi connectivity index (χ1) is 6.97. The summed E-state index contributed by atoms with van der Waals surface area (Å²) in [6.45, 7) is 2.10. The van der Waals surface area contributed by atoms with E-state index >= 15 is 0 Å². The molecule has 0 aromatic rings. The van der Waals surface area contributed by atoms with Crippen molar-refractivity contribution in [2.75, 3.05) is 5.75 Å². The Kier molecular flexibility index (Phi) is 3.22. The summed E-state index contributed by atoms with van der Waals surface area (Å²) in [5.41, 5.74) is 0. The van der Waals surface area contributed by atoms with Crippen molar-refractivity contribution in [1.29, 1.82) is 0 Å². The molecule has 0 bridgehead atoms. The van der Waals surface area contributed by atoms with Crippen molar-refractivity contribution in [3.63, 3.8) is 0 Å². The molecule has 1 saturated heterocycles. The van der Waals surface area contributed by atoms with Gasteiger partial charge in [0.2, 0.25) is 0 Å². The van der Waals surface area contributed by atoms with Crippen LogP contribution in [0.1, 0.15) is 26.2 Å². The van der Waals surface area contributed by atoms with E-state index in [-0.39, 0.29) is 5.25 Å². The van der Waals surface area contributed by atoms with E-state index in [4.69, 9.17) is 0 Å². The third kappa shape index (κ3) is 2.61. The first-order valence-electron chi connectivity index (χ1n) is 5.41. The highest BCUT2D eigenvalue weighted by atomic mass is 32.2. The summed E-state index contributed by atoms with van der Waals surface area (Å²) in [4.78, 5) is 0. The molecule has 1 heterocycles. The summed E-state index contributed by atoms with van der Waals surface area (Å²) in [6, 6.07) is 0.746. The fourth-order valence-electron chi connectivity index (χ4n) is 2.48. The molecule has 2 rings (SSSR count). The van der Waals surface area contributed by atoms with Crippen LogP contribution in [0.5, 0.6) is 0 Å². The van der Waals surface area contributed by atoms with Crippen LogP contribution < -0.4 is 5.32 Å². The number of rotatable bonds is 0. The molecule has 5 heteroatoms. The zero-order valence-corrected chi connectivity index (χ0v) is 9.50. The van der Waals surface area contributed by atoms with Crippen LogP contribution in [-0.4, -0.2) is 29.3 Å². The molecule has 0 spiro atoms. The largest absolute Gasteiger partial charge is 0.391 e. The number of alkyl halides is 3. The van der Waals surface area contributed by atoms with Crippen molar-refractivity contribution in [1.82, 2.24) is 5.32 Å². The van der Waals surface area contributed by atoms with E-state index in [1.807, 2.05) is 0 Å². The van der Waals surface area contributed by atoms with Crippen molar-refractivity contribution >= 4 is 11.8 Å². The summed E-state index contributed by atoms with van der Waals surface area (Å²) >= 11 is 1.71. The van der Waals surface area contributed by atoms with Gasteiger partial charge < -0.3 is 5.32 Å². The Morgan fingerprint density at radius 3 is 2.67 bits per heavy atom. The Labute approximate surface area is 92.2 Å². The van der Waals surface area contributed by atoms with Gasteiger partial charge in [0.25, 0.3) is 0 Å². The van der Waals surface area contributed by atoms with E-state index in [1.165, 1.54) is 0 Å². The standard InChI is InChI=1S/C10H16F3NS/c1-6-5-15-9-4-7(10(11,12)13)2-3-8(9)14-6/h6-9,14H,2-5H2,1H3. The van der Waals surface area contributed by atoms with Crippen LogP contribution in [0.15, 0.2) is 0 Å². The monoisotopic (exact) mass is 239 g/mol. The van der Waals surface area contributed by atoms with Crippen LogP contribution in [-0.2, 0) is 0 Å². The second-order valence-electron chi connectivity index (χ2n) is 4.60. The topological polar surface area (TPSA) is 12.0 Å². The molecular weight excluding hydrogens is 223 g/mol. The Balaban J connectivity index is 1.95. The van der Waals surface area contributed by atoms with Crippen LogP contribution in [0, 0.1) is 5.92 Å². The summed E-state index contributed by atoms with van der Waals surface area (Å²) < 4.78 is 37.6. The van der Waals surface area contributed by atoms with Gasteiger partial charge in [0.05, 0.1) is 5.92 Å². The van der Waals surface area contributed by atoms with Gasteiger partial charge in [-0.25, -0.2) is 0 Å². The quantitative estimate of drug-likeness (QED) is 0.697. The number of thioether (sulfide) groups is 1. The molecule has 0 aromatic heterocycles. The molecule has 4 unspecified atom stereocenters. The summed E-state index contributed by atoms with van der Waals surface area (Å²) in [6.07, 6.45) is -2.72. The third-order valence-corrected chi connectivity index (χ3v) is 4.96. The van der Waals surface area contributed by atoms with Crippen LogP contribution in [0.2, 0.25) is 0 Å². The van der Waals surface area contributed by atoms with Crippen molar-refractivity contribution in [2.45, 2.75) is 49.7 Å². The average Bonchev–Trinajstić information content (AvgIpc) is 2.15. The van der Waals surface area contributed by atoms with Gasteiger partial charge in [-0.05, 0) is 26.2 Å². The second-order valence-corrected chi connectivity index (χ2v) is 5.87. The molecular formula is C10H16F3NS. The Morgan fingerprint density at radius 2 is 2.00 bits per heavy atom. The van der Waals surface area contributed by atoms with E-state index in [2.05, 4.69) is 12.2 Å². The third-order valence-electron chi connectivity index (χ3n) is 3.31. The minimum atomic E-state index is -3.99. The lowest BCUT2D eigenvalue weighted by atomic mass is 9.84. The van der Waals surface area contributed by atoms with Crippen molar-refractivity contribution in [3.05, 3.63) is 0 Å². The highest BCUT2D eigenvalue weighted by Crippen LogP contribution is 2.42. The maximum atomic E-state index is 12.5. The molecule has 4 atom stereocenters. The van der Waals surface area contributed by atoms with Crippen molar-refractivity contribution in [3.8, 4) is 0 Å². The molecule has 0 aromatic carbocycles. The van der Waals surface area contributed by atoms with Crippen LogP contribution in [0.4, 0.5) is 13.2 Å². The lowest BCUT2D eigenvalue weighted by molar-refractivity contribution is -0.182. The molecule has 1 aliphatic heterocycles. The first-order valence-corrected chi connectivity index (χ1v) is 6.46.